The van der Waals surface area contributed by atoms with Crippen molar-refractivity contribution in [3.63, 3.8) is 0 Å². The fourth-order valence-electron chi connectivity index (χ4n) is 5.30. The molecule has 256 valence electrons. The highest BCUT2D eigenvalue weighted by molar-refractivity contribution is 7.49. The van der Waals surface area contributed by atoms with Gasteiger partial charge in [-0.25, -0.2) is 60.7 Å². The summed E-state index contributed by atoms with van der Waals surface area (Å²) < 4.78 is 35.5. The van der Waals surface area contributed by atoms with Crippen molar-refractivity contribution < 1.29 is 18.1 Å². The molecule has 16 nitrogen and oxygen atoms in total. The zero-order valence-corrected chi connectivity index (χ0v) is 27.6. The first kappa shape index (κ1) is 35.8. The monoisotopic (exact) mass is 684 g/mol. The Bertz CT molecular complexity index is 1960. The number of hydrogen-bond donors (Lipinski definition) is 0. The predicted molar refractivity (Wildman–Crippen MR) is 178 cm³/mol. The largest absolute Gasteiger partial charge is 0.530 e. The van der Waals surface area contributed by atoms with Gasteiger partial charge in [-0.1, -0.05) is 42.5 Å². The molecule has 1 fully saturated rings. The minimum atomic E-state index is -4.33. The van der Waals surface area contributed by atoms with Gasteiger partial charge < -0.3 is 4.52 Å². The van der Waals surface area contributed by atoms with Gasteiger partial charge in [-0.15, -0.1) is 26.3 Å². The lowest BCUT2D eigenvalue weighted by molar-refractivity contribution is -0.0272. The zero-order valence-electron chi connectivity index (χ0n) is 26.7. The molecule has 0 radical (unpaired) electrons. The molecular weight excluding hydrogens is 647 g/mol. The first-order valence-electron chi connectivity index (χ1n) is 14.7. The van der Waals surface area contributed by atoms with E-state index in [0.717, 1.165) is 27.4 Å². The van der Waals surface area contributed by atoms with Crippen molar-refractivity contribution in [2.45, 2.75) is 53.1 Å². The van der Waals surface area contributed by atoms with Crippen molar-refractivity contribution in [1.82, 2.24) is 27.4 Å². The average Bonchev–Trinajstić information content (AvgIpc) is 3.05. The van der Waals surface area contributed by atoms with E-state index in [1.807, 2.05) is 0 Å². The lowest BCUT2D eigenvalue weighted by atomic mass is 9.89. The second-order valence-electron chi connectivity index (χ2n) is 11.3. The maximum Gasteiger partial charge on any atom is 0.530 e. The van der Waals surface area contributed by atoms with Gasteiger partial charge in [0, 0.05) is 13.1 Å². The van der Waals surface area contributed by atoms with E-state index in [-0.39, 0.29) is 31.9 Å². The average molecular weight is 685 g/mol. The topological polar surface area (TPSA) is 177 Å². The molecule has 0 bridgehead atoms. The number of nitrogens with zero attached hydrogens (tertiary/aromatic N) is 6. The van der Waals surface area contributed by atoms with Crippen molar-refractivity contribution in [1.29, 1.82) is 0 Å². The number of para-hydroxylation sites is 1. The highest BCUT2D eigenvalue weighted by atomic mass is 31.2. The molecule has 0 spiro atoms. The van der Waals surface area contributed by atoms with E-state index in [4.69, 9.17) is 13.6 Å². The van der Waals surface area contributed by atoms with Crippen molar-refractivity contribution in [3.8, 4) is 5.75 Å². The summed E-state index contributed by atoms with van der Waals surface area (Å²) in [5.74, 6) is 0.258. The number of phosphoric ester groups is 1. The molecule has 3 heterocycles. The highest BCUT2D eigenvalue weighted by Gasteiger charge is 2.47. The van der Waals surface area contributed by atoms with Gasteiger partial charge in [-0.2, -0.15) is 0 Å². The number of benzene rings is 1. The van der Waals surface area contributed by atoms with Crippen molar-refractivity contribution >= 4 is 7.82 Å². The summed E-state index contributed by atoms with van der Waals surface area (Å²) in [6.45, 7) is 14.5. The Labute approximate surface area is 273 Å². The molecule has 0 saturated carbocycles. The highest BCUT2D eigenvalue weighted by Crippen LogP contribution is 2.55. The maximum absolute atomic E-state index is 13.7. The van der Waals surface area contributed by atoms with Crippen LogP contribution in [0.5, 0.6) is 5.75 Å². The predicted octanol–water partition coefficient (Wildman–Crippen LogP) is 0.938. The van der Waals surface area contributed by atoms with Crippen molar-refractivity contribution in [3.05, 3.63) is 143 Å². The van der Waals surface area contributed by atoms with E-state index in [1.165, 1.54) is 24.3 Å². The molecule has 0 N–H and O–H groups in total. The van der Waals surface area contributed by atoms with Gasteiger partial charge in [0.2, 0.25) is 0 Å². The third kappa shape index (κ3) is 6.81. The SMILES string of the molecule is C=CCn1c(=O)n(CC=C)c(=O)n(CC2(Cn3c(=O)n(CC=C)c(=O)n(CC=C)c3=O)COP(=O)(Oc3c(C)cccc3C)OC2)c1=O. The van der Waals surface area contributed by atoms with Gasteiger partial charge in [0.25, 0.3) is 0 Å². The Morgan fingerprint density at radius 2 is 0.958 bits per heavy atom. The Balaban J connectivity index is 1.92. The van der Waals surface area contributed by atoms with Gasteiger partial charge in [0.15, 0.2) is 0 Å². The molecule has 17 heteroatoms. The Kier molecular flexibility index (Phi) is 10.7. The van der Waals surface area contributed by atoms with E-state index in [1.54, 1.807) is 32.0 Å². The summed E-state index contributed by atoms with van der Waals surface area (Å²) >= 11 is 0. The van der Waals surface area contributed by atoms with Crippen molar-refractivity contribution in [2.75, 3.05) is 13.2 Å². The lowest BCUT2D eigenvalue weighted by Crippen LogP contribution is -2.60. The maximum atomic E-state index is 13.7. The molecular formula is C31H37N6O10P. The van der Waals surface area contributed by atoms with Crippen LogP contribution in [0.1, 0.15) is 11.1 Å². The number of allylic oxidation sites excluding steroid dienone is 4. The van der Waals surface area contributed by atoms with Crippen LogP contribution >= 0.6 is 7.82 Å². The second kappa shape index (κ2) is 14.4. The van der Waals surface area contributed by atoms with Gasteiger partial charge in [-0.05, 0) is 25.0 Å². The standard InChI is InChI=1S/C31H37N6O10P/c1-7-14-32-25(38)33(15-8-2)28(41)36(27(32)40)18-31(19-37-29(42)34(16-9-3)26(39)35(17-10-4)30(37)43)20-45-48(44,46-21-31)47-24-22(5)12-11-13-23(24)6/h7-13H,1-4,14-21H2,5-6H3. The molecule has 0 aliphatic carbocycles. The zero-order chi connectivity index (χ0) is 35.4. The third-order valence-corrected chi connectivity index (χ3v) is 8.97. The molecule has 0 amide bonds. The van der Waals surface area contributed by atoms with Crippen LogP contribution in [-0.2, 0) is 52.9 Å². The molecule has 0 atom stereocenters. The number of hydrogen-bond acceptors (Lipinski definition) is 10. The summed E-state index contributed by atoms with van der Waals surface area (Å²) in [6.07, 6.45) is 5.18. The Morgan fingerprint density at radius 3 is 1.27 bits per heavy atom. The van der Waals surface area contributed by atoms with E-state index in [2.05, 4.69) is 26.3 Å². The van der Waals surface area contributed by atoms with E-state index in [9.17, 15) is 33.3 Å². The summed E-state index contributed by atoms with van der Waals surface area (Å²) in [6, 6.07) is 5.26. The minimum Gasteiger partial charge on any atom is -0.403 e. The number of rotatable bonds is 14. The molecule has 4 rings (SSSR count). The van der Waals surface area contributed by atoms with Gasteiger partial charge in [0.1, 0.15) is 5.75 Å². The molecule has 2 aromatic heterocycles. The lowest BCUT2D eigenvalue weighted by Gasteiger charge is -2.39. The summed E-state index contributed by atoms with van der Waals surface area (Å²) in [5, 5.41) is 0. The first-order valence-corrected chi connectivity index (χ1v) is 16.2. The number of aromatic nitrogens is 6. The van der Waals surface area contributed by atoms with Crippen LogP contribution in [0.3, 0.4) is 0 Å². The van der Waals surface area contributed by atoms with Crippen LogP contribution in [0.4, 0.5) is 0 Å². The summed E-state index contributed by atoms with van der Waals surface area (Å²) in [4.78, 5) is 80.4. The van der Waals surface area contributed by atoms with Gasteiger partial charge in [0.05, 0.1) is 44.8 Å². The molecule has 48 heavy (non-hydrogen) atoms. The van der Waals surface area contributed by atoms with E-state index in [0.29, 0.717) is 11.1 Å². The van der Waals surface area contributed by atoms with Crippen molar-refractivity contribution in [2.24, 2.45) is 5.41 Å². The normalized spacial score (nSPS) is 15.0. The number of aryl methyl sites for hydroxylation is 2. The van der Waals surface area contributed by atoms with Gasteiger partial charge >= 0.3 is 42.0 Å². The Hall–Kier alpha value is -5.05. The van der Waals surface area contributed by atoms with Crippen LogP contribution in [0.15, 0.2) is 97.6 Å². The second-order valence-corrected chi connectivity index (χ2v) is 12.9. The molecule has 1 aliphatic rings. The van der Waals surface area contributed by atoms with Crippen LogP contribution in [0, 0.1) is 19.3 Å². The van der Waals surface area contributed by atoms with Crippen LogP contribution in [0.25, 0.3) is 0 Å². The fourth-order valence-corrected chi connectivity index (χ4v) is 6.85. The van der Waals surface area contributed by atoms with E-state index < -0.39 is 73.7 Å². The summed E-state index contributed by atoms with van der Waals surface area (Å²) in [7, 11) is -4.33. The molecule has 3 aromatic rings. The van der Waals surface area contributed by atoms with E-state index >= 15 is 0 Å². The Morgan fingerprint density at radius 1 is 0.646 bits per heavy atom. The quantitative estimate of drug-likeness (QED) is 0.175. The molecule has 0 unspecified atom stereocenters. The number of phosphoric acid groups is 1. The van der Waals surface area contributed by atoms with Gasteiger partial charge in [-0.3, -0.25) is 9.05 Å². The molecule has 1 aromatic carbocycles. The third-order valence-electron chi connectivity index (χ3n) is 7.67. The molecule has 1 saturated heterocycles. The fraction of sp³-hybridized carbons (Fsp3) is 0.355. The van der Waals surface area contributed by atoms with Crippen LogP contribution < -0.4 is 38.7 Å². The first-order chi connectivity index (χ1) is 22.8. The molecule has 1 aliphatic heterocycles. The minimum absolute atomic E-state index is 0.244. The van der Waals surface area contributed by atoms with Crippen LogP contribution in [-0.4, -0.2) is 40.6 Å². The smallest absolute Gasteiger partial charge is 0.403 e. The van der Waals surface area contributed by atoms with Crippen LogP contribution in [0.2, 0.25) is 0 Å². The summed E-state index contributed by atoms with van der Waals surface area (Å²) in [5.41, 5.74) is -6.23.